The van der Waals surface area contributed by atoms with Gasteiger partial charge < -0.3 is 5.32 Å². The molecule has 1 atom stereocenters. The number of nitrogens with one attached hydrogen (secondary N) is 1. The van der Waals surface area contributed by atoms with Gasteiger partial charge in [-0.15, -0.1) is 0 Å². The van der Waals surface area contributed by atoms with Crippen LogP contribution in [0.4, 0.5) is 0 Å². The molecule has 7 heteroatoms. The molecule has 7 nitrogen and oxygen atoms in total. The summed E-state index contributed by atoms with van der Waals surface area (Å²) < 4.78 is 0. The van der Waals surface area contributed by atoms with Crippen molar-refractivity contribution < 1.29 is 0 Å². The molecule has 1 N–H and O–H groups in total. The van der Waals surface area contributed by atoms with Gasteiger partial charge in [-0.05, 0) is 205 Å². The predicted octanol–water partition coefficient (Wildman–Crippen LogP) is 16.0. The molecule has 0 aliphatic carbocycles. The van der Waals surface area contributed by atoms with Gasteiger partial charge in [-0.1, -0.05) is 115 Å². The first kappa shape index (κ1) is 47.4. The van der Waals surface area contributed by atoms with Crippen molar-refractivity contribution in [3.8, 4) is 137 Å². The van der Waals surface area contributed by atoms with Gasteiger partial charge >= 0.3 is 0 Å². The van der Waals surface area contributed by atoms with Gasteiger partial charge in [-0.25, -0.2) is 0 Å². The number of benzene rings is 10. The molecule has 0 radical (unpaired) electrons. The molecule has 76 heavy (non-hydrogen) atoms. The quantitative estimate of drug-likeness (QED) is 0.143. The third-order valence-electron chi connectivity index (χ3n) is 14.3. The van der Waals surface area contributed by atoms with E-state index in [-0.39, 0.29) is 6.04 Å². The maximum atomic E-state index is 11.8. The summed E-state index contributed by atoms with van der Waals surface area (Å²) in [5.41, 5.74) is 17.3. The van der Waals surface area contributed by atoms with Gasteiger partial charge in [-0.3, -0.25) is 0 Å². The molecule has 0 saturated carbocycles. The van der Waals surface area contributed by atoms with Crippen LogP contribution in [0.5, 0.6) is 0 Å². The molecule has 1 aliphatic heterocycles. The Bertz CT molecular complexity index is 3910. The number of hydrogen-bond acceptors (Lipinski definition) is 7. The Balaban J connectivity index is 1.27. The maximum absolute atomic E-state index is 11.8. The van der Waals surface area contributed by atoms with Crippen molar-refractivity contribution in [1.29, 1.82) is 31.6 Å². The van der Waals surface area contributed by atoms with E-state index < -0.39 is 0 Å². The first-order chi connectivity index (χ1) is 37.4. The summed E-state index contributed by atoms with van der Waals surface area (Å²) in [6, 6.07) is 82.7. The van der Waals surface area contributed by atoms with E-state index in [1.54, 1.807) is 24.3 Å². The van der Waals surface area contributed by atoms with E-state index in [9.17, 15) is 31.6 Å². The van der Waals surface area contributed by atoms with Gasteiger partial charge in [-0.2, -0.15) is 31.6 Å². The lowest BCUT2D eigenvalue weighted by atomic mass is 9.83. The summed E-state index contributed by atoms with van der Waals surface area (Å²) in [4.78, 5) is 0. The summed E-state index contributed by atoms with van der Waals surface area (Å²) in [6.45, 7) is 0.927. The lowest BCUT2D eigenvalue weighted by Gasteiger charge is -2.30. The van der Waals surface area contributed by atoms with Crippen molar-refractivity contribution in [3.05, 3.63) is 251 Å². The Morgan fingerprint density at radius 3 is 0.816 bits per heavy atom. The lowest BCUT2D eigenvalue weighted by molar-refractivity contribution is 0.384. The number of rotatable bonds is 10. The molecule has 0 aromatic heterocycles. The third kappa shape index (κ3) is 8.93. The molecule has 1 fully saturated rings. The van der Waals surface area contributed by atoms with Gasteiger partial charge in [0.2, 0.25) is 0 Å². The first-order valence-electron chi connectivity index (χ1n) is 24.7. The highest BCUT2D eigenvalue weighted by Crippen LogP contribution is 2.45. The van der Waals surface area contributed by atoms with Gasteiger partial charge in [0.1, 0.15) is 6.07 Å². The maximum Gasteiger partial charge on any atom is 0.100 e. The fourth-order valence-corrected chi connectivity index (χ4v) is 10.5. The molecule has 1 aliphatic rings. The van der Waals surface area contributed by atoms with E-state index in [0.29, 0.717) is 77.9 Å². The smallest absolute Gasteiger partial charge is 0.100 e. The van der Waals surface area contributed by atoms with Crippen LogP contribution in [-0.4, -0.2) is 6.54 Å². The van der Waals surface area contributed by atoms with Crippen molar-refractivity contribution in [2.45, 2.75) is 12.5 Å². The molecule has 0 amide bonds. The van der Waals surface area contributed by atoms with Crippen molar-refractivity contribution in [1.82, 2.24) is 5.32 Å². The summed E-state index contributed by atoms with van der Waals surface area (Å²) in [6.07, 6.45) is 1.00. The number of nitrogens with zero attached hydrogens (tertiary/aromatic N) is 6. The molecular formula is C69H41N7. The fraction of sp³-hybridized carbons (Fsp3) is 0.0435. The SMILES string of the molecule is N#Cc1ccccc1-c1cc(-c2cc(-c3cc(-c4ccccc4C#N)cc(-c4ccccc4C#N)c3)c(C#N)c(-c3cc(-c4ccccc4C#N)cc(-c4ccccc4C#N)c3)c2)cc(-c2ccccc2C2CCN2)c1. The molecule has 1 heterocycles. The zero-order valence-corrected chi connectivity index (χ0v) is 40.9. The van der Waals surface area contributed by atoms with E-state index in [1.165, 1.54) is 5.56 Å². The molecule has 0 spiro atoms. The summed E-state index contributed by atoms with van der Waals surface area (Å²) >= 11 is 0. The minimum absolute atomic E-state index is 0.181. The Kier molecular flexibility index (Phi) is 12.9. The topological polar surface area (TPSA) is 155 Å². The number of nitriles is 6. The van der Waals surface area contributed by atoms with Crippen LogP contribution in [0.1, 0.15) is 51.4 Å². The van der Waals surface area contributed by atoms with Gasteiger partial charge in [0.15, 0.2) is 0 Å². The summed E-state index contributed by atoms with van der Waals surface area (Å²) in [5, 5.41) is 67.6. The van der Waals surface area contributed by atoms with E-state index in [4.69, 9.17) is 0 Å². The Hall–Kier alpha value is -10.9. The Morgan fingerprint density at radius 1 is 0.276 bits per heavy atom. The normalized spacial score (nSPS) is 12.4. The van der Waals surface area contributed by atoms with E-state index in [1.807, 2.05) is 152 Å². The molecule has 0 bridgehead atoms. The summed E-state index contributed by atoms with van der Waals surface area (Å²) in [7, 11) is 0. The van der Waals surface area contributed by atoms with Gasteiger partial charge in [0.05, 0.1) is 63.7 Å². The molecule has 352 valence electrons. The lowest BCUT2D eigenvalue weighted by Crippen LogP contribution is -2.35. The highest BCUT2D eigenvalue weighted by molar-refractivity contribution is 5.95. The highest BCUT2D eigenvalue weighted by Gasteiger charge is 2.24. The minimum atomic E-state index is 0.181. The van der Waals surface area contributed by atoms with Crippen LogP contribution in [0.3, 0.4) is 0 Å². The standard InChI is InChI=1S/C69H41N7/c70-38-44-13-1-6-18-59(44)51-27-49(28-56(31-51)64-23-11-12-24-65(64)69-25-26-76-69)50-36-66(57-32-52(60-19-7-2-14-45(60)39-71)29-53(33-57)61-20-8-3-15-46(61)40-72)68(43-75)67(37-50)58-34-54(62-21-9-4-16-47(62)41-73)30-55(35-58)63-22-10-5-17-48(63)42-74/h1-24,27-37,69,76H,25-26H2. The largest absolute Gasteiger partial charge is 0.310 e. The monoisotopic (exact) mass is 967 g/mol. The first-order valence-corrected chi connectivity index (χ1v) is 24.7. The molecule has 10 aromatic carbocycles. The fourth-order valence-electron chi connectivity index (χ4n) is 10.5. The Labute approximate surface area is 441 Å². The molecule has 10 aromatic rings. The second-order valence-electron chi connectivity index (χ2n) is 18.6. The van der Waals surface area contributed by atoms with Crippen molar-refractivity contribution >= 4 is 0 Å². The van der Waals surface area contributed by atoms with Gasteiger partial charge in [0, 0.05) is 17.2 Å². The van der Waals surface area contributed by atoms with E-state index >= 15 is 0 Å². The summed E-state index contributed by atoms with van der Waals surface area (Å²) in [5.74, 6) is 0. The molecular weight excluding hydrogens is 927 g/mol. The van der Waals surface area contributed by atoms with Crippen LogP contribution >= 0.6 is 0 Å². The van der Waals surface area contributed by atoms with Crippen molar-refractivity contribution in [2.24, 2.45) is 0 Å². The highest BCUT2D eigenvalue weighted by atomic mass is 15.0. The van der Waals surface area contributed by atoms with Crippen LogP contribution in [-0.2, 0) is 0 Å². The predicted molar refractivity (Wildman–Crippen MR) is 299 cm³/mol. The van der Waals surface area contributed by atoms with Crippen LogP contribution in [0.15, 0.2) is 212 Å². The van der Waals surface area contributed by atoms with Crippen molar-refractivity contribution in [3.63, 3.8) is 0 Å². The molecule has 11 rings (SSSR count). The van der Waals surface area contributed by atoms with Crippen molar-refractivity contribution in [2.75, 3.05) is 6.54 Å². The average Bonchev–Trinajstić information content (AvgIpc) is 3.53. The van der Waals surface area contributed by atoms with Crippen LogP contribution in [0, 0.1) is 68.0 Å². The van der Waals surface area contributed by atoms with Crippen LogP contribution in [0.2, 0.25) is 0 Å². The second kappa shape index (κ2) is 20.7. The van der Waals surface area contributed by atoms with Gasteiger partial charge in [0.25, 0.3) is 0 Å². The van der Waals surface area contributed by atoms with E-state index in [0.717, 1.165) is 68.6 Å². The average molecular weight is 968 g/mol. The Morgan fingerprint density at radius 2 is 0.526 bits per heavy atom. The molecule has 1 saturated heterocycles. The second-order valence-corrected chi connectivity index (χ2v) is 18.6. The van der Waals surface area contributed by atoms with Crippen LogP contribution < -0.4 is 5.32 Å². The third-order valence-corrected chi connectivity index (χ3v) is 14.3. The zero-order valence-electron chi connectivity index (χ0n) is 40.9. The molecule has 1 unspecified atom stereocenters. The zero-order chi connectivity index (χ0) is 52.1. The number of hydrogen-bond donors (Lipinski definition) is 1. The van der Waals surface area contributed by atoms with Crippen LogP contribution in [0.25, 0.3) is 100 Å². The minimum Gasteiger partial charge on any atom is -0.310 e. The van der Waals surface area contributed by atoms with E-state index in [2.05, 4.69) is 78.1 Å².